The summed E-state index contributed by atoms with van der Waals surface area (Å²) in [6, 6.07) is 5.70. The maximum Gasteiger partial charge on any atom is 0.273 e. The molecule has 19 heavy (non-hydrogen) atoms. The third kappa shape index (κ3) is 2.70. The number of nitrogens with two attached hydrogens (primary N) is 1. The van der Waals surface area contributed by atoms with E-state index < -0.39 is 10.0 Å². The fraction of sp³-hybridized carbons (Fsp3) is 0.273. The van der Waals surface area contributed by atoms with Crippen LogP contribution in [0.2, 0.25) is 0 Å². The molecule has 0 saturated heterocycles. The lowest BCUT2D eigenvalue weighted by atomic mass is 10.1. The van der Waals surface area contributed by atoms with Crippen LogP contribution in [0.5, 0.6) is 0 Å². The standard InChI is InChI=1S/C11H13BrN4O2S/c1-3-16-10(14-15-11(16)19(13,17)18)9-6-8(12)5-4-7(9)2/h4-6H,3H2,1-2H3,(H2,13,17,18). The van der Waals surface area contributed by atoms with Crippen molar-refractivity contribution in [3.05, 3.63) is 28.2 Å². The smallest absolute Gasteiger partial charge is 0.273 e. The lowest BCUT2D eigenvalue weighted by Crippen LogP contribution is -2.18. The molecule has 0 radical (unpaired) electrons. The van der Waals surface area contributed by atoms with Crippen molar-refractivity contribution in [2.75, 3.05) is 0 Å². The molecule has 6 nitrogen and oxygen atoms in total. The van der Waals surface area contributed by atoms with Gasteiger partial charge in [-0.2, -0.15) is 0 Å². The van der Waals surface area contributed by atoms with E-state index >= 15 is 0 Å². The van der Waals surface area contributed by atoms with Crippen molar-refractivity contribution in [1.82, 2.24) is 14.8 Å². The zero-order chi connectivity index (χ0) is 14.2. The summed E-state index contributed by atoms with van der Waals surface area (Å²) in [6.45, 7) is 4.15. The van der Waals surface area contributed by atoms with Crippen LogP contribution in [-0.4, -0.2) is 23.2 Å². The van der Waals surface area contributed by atoms with Crippen molar-refractivity contribution in [3.8, 4) is 11.4 Å². The van der Waals surface area contributed by atoms with Gasteiger partial charge in [-0.25, -0.2) is 13.6 Å². The molecule has 1 aromatic carbocycles. The lowest BCUT2D eigenvalue weighted by Gasteiger charge is -2.08. The summed E-state index contributed by atoms with van der Waals surface area (Å²) in [4.78, 5) is 0. The van der Waals surface area contributed by atoms with Gasteiger partial charge in [0, 0.05) is 16.6 Å². The van der Waals surface area contributed by atoms with Gasteiger partial charge in [-0.1, -0.05) is 22.0 Å². The van der Waals surface area contributed by atoms with Crippen molar-refractivity contribution in [1.29, 1.82) is 0 Å². The Morgan fingerprint density at radius 2 is 2.05 bits per heavy atom. The van der Waals surface area contributed by atoms with E-state index in [0.29, 0.717) is 12.4 Å². The van der Waals surface area contributed by atoms with Crippen LogP contribution in [0, 0.1) is 6.92 Å². The van der Waals surface area contributed by atoms with E-state index in [-0.39, 0.29) is 5.16 Å². The maximum atomic E-state index is 11.5. The van der Waals surface area contributed by atoms with Crippen LogP contribution in [0.4, 0.5) is 0 Å². The number of nitrogens with zero attached hydrogens (tertiary/aromatic N) is 3. The lowest BCUT2D eigenvalue weighted by molar-refractivity contribution is 0.571. The van der Waals surface area contributed by atoms with Crippen LogP contribution >= 0.6 is 15.9 Å². The minimum atomic E-state index is -3.88. The predicted molar refractivity (Wildman–Crippen MR) is 74.9 cm³/mol. The largest absolute Gasteiger partial charge is 0.297 e. The summed E-state index contributed by atoms with van der Waals surface area (Å²) in [5.41, 5.74) is 1.80. The van der Waals surface area contributed by atoms with E-state index in [1.165, 1.54) is 4.57 Å². The van der Waals surface area contributed by atoms with Crippen molar-refractivity contribution >= 4 is 26.0 Å². The van der Waals surface area contributed by atoms with Crippen LogP contribution in [0.3, 0.4) is 0 Å². The highest BCUT2D eigenvalue weighted by Crippen LogP contribution is 2.26. The van der Waals surface area contributed by atoms with Gasteiger partial charge in [0.1, 0.15) is 0 Å². The van der Waals surface area contributed by atoms with Gasteiger partial charge in [-0.15, -0.1) is 10.2 Å². The van der Waals surface area contributed by atoms with Gasteiger partial charge in [0.2, 0.25) is 0 Å². The molecule has 102 valence electrons. The highest BCUT2D eigenvalue weighted by molar-refractivity contribution is 9.10. The van der Waals surface area contributed by atoms with E-state index in [2.05, 4.69) is 26.1 Å². The van der Waals surface area contributed by atoms with Gasteiger partial charge < -0.3 is 0 Å². The second-order valence-electron chi connectivity index (χ2n) is 4.05. The van der Waals surface area contributed by atoms with Crippen LogP contribution < -0.4 is 5.14 Å². The van der Waals surface area contributed by atoms with Crippen LogP contribution in [0.25, 0.3) is 11.4 Å². The van der Waals surface area contributed by atoms with Crippen molar-refractivity contribution in [2.24, 2.45) is 5.14 Å². The number of rotatable bonds is 3. The van der Waals surface area contributed by atoms with Crippen LogP contribution in [0.1, 0.15) is 12.5 Å². The number of benzene rings is 1. The fourth-order valence-corrected chi connectivity index (χ4v) is 2.86. The minimum Gasteiger partial charge on any atom is -0.297 e. The Kier molecular flexibility index (Phi) is 3.75. The Labute approximate surface area is 119 Å². The average Bonchev–Trinajstić information content (AvgIpc) is 2.75. The molecule has 0 saturated carbocycles. The molecule has 0 aliphatic rings. The van der Waals surface area contributed by atoms with E-state index in [1.54, 1.807) is 0 Å². The number of primary sulfonamides is 1. The predicted octanol–water partition coefficient (Wildman–Crippen LogP) is 1.68. The first-order chi connectivity index (χ1) is 8.84. The van der Waals surface area contributed by atoms with Crippen molar-refractivity contribution < 1.29 is 8.42 Å². The van der Waals surface area contributed by atoms with Gasteiger partial charge >= 0.3 is 0 Å². The second kappa shape index (κ2) is 5.03. The molecule has 0 aliphatic carbocycles. The molecule has 0 amide bonds. The molecule has 0 unspecified atom stereocenters. The zero-order valence-electron chi connectivity index (χ0n) is 10.5. The Hall–Kier alpha value is -1.25. The number of hydrogen-bond donors (Lipinski definition) is 1. The van der Waals surface area contributed by atoms with Gasteiger partial charge in [0.15, 0.2) is 5.82 Å². The van der Waals surface area contributed by atoms with Gasteiger partial charge in [0.05, 0.1) is 0 Å². The summed E-state index contributed by atoms with van der Waals surface area (Å²) in [7, 11) is -3.88. The summed E-state index contributed by atoms with van der Waals surface area (Å²) in [6.07, 6.45) is 0. The minimum absolute atomic E-state index is 0.218. The van der Waals surface area contributed by atoms with Crippen LogP contribution in [-0.2, 0) is 16.6 Å². The molecule has 0 spiro atoms. The van der Waals surface area contributed by atoms with Gasteiger partial charge in [-0.3, -0.25) is 4.57 Å². The summed E-state index contributed by atoms with van der Waals surface area (Å²) in [5.74, 6) is 0.491. The molecule has 1 heterocycles. The zero-order valence-corrected chi connectivity index (χ0v) is 12.9. The average molecular weight is 345 g/mol. The molecule has 1 aromatic heterocycles. The monoisotopic (exact) mass is 344 g/mol. The van der Waals surface area contributed by atoms with Gasteiger partial charge in [0.25, 0.3) is 15.2 Å². The Balaban J connectivity index is 2.70. The van der Waals surface area contributed by atoms with Gasteiger partial charge in [-0.05, 0) is 31.5 Å². The topological polar surface area (TPSA) is 90.9 Å². The molecule has 8 heteroatoms. The molecule has 0 aliphatic heterocycles. The van der Waals surface area contributed by atoms with E-state index in [0.717, 1.165) is 15.6 Å². The first kappa shape index (κ1) is 14.2. The molecule has 0 bridgehead atoms. The second-order valence-corrected chi connectivity index (χ2v) is 6.43. The SMILES string of the molecule is CCn1c(-c2cc(Br)ccc2C)nnc1S(N)(=O)=O. The van der Waals surface area contributed by atoms with Crippen molar-refractivity contribution in [2.45, 2.75) is 25.5 Å². The third-order valence-electron chi connectivity index (χ3n) is 2.73. The van der Waals surface area contributed by atoms with Crippen LogP contribution in [0.15, 0.2) is 27.8 Å². The number of aromatic nitrogens is 3. The van der Waals surface area contributed by atoms with Crippen molar-refractivity contribution in [3.63, 3.8) is 0 Å². The first-order valence-electron chi connectivity index (χ1n) is 5.57. The maximum absolute atomic E-state index is 11.5. The molecular weight excluding hydrogens is 332 g/mol. The quantitative estimate of drug-likeness (QED) is 0.916. The summed E-state index contributed by atoms with van der Waals surface area (Å²) < 4.78 is 25.3. The molecule has 2 rings (SSSR count). The molecule has 0 atom stereocenters. The Bertz CT molecular complexity index is 724. The Morgan fingerprint density at radius 1 is 1.37 bits per heavy atom. The van der Waals surface area contributed by atoms with E-state index in [9.17, 15) is 8.42 Å². The number of halogens is 1. The normalized spacial score (nSPS) is 11.8. The number of aryl methyl sites for hydroxylation is 1. The summed E-state index contributed by atoms with van der Waals surface area (Å²) >= 11 is 3.39. The van der Waals surface area contributed by atoms with E-state index in [4.69, 9.17) is 5.14 Å². The van der Waals surface area contributed by atoms with E-state index in [1.807, 2.05) is 32.0 Å². The highest BCUT2D eigenvalue weighted by atomic mass is 79.9. The highest BCUT2D eigenvalue weighted by Gasteiger charge is 2.21. The number of hydrogen-bond acceptors (Lipinski definition) is 4. The first-order valence-corrected chi connectivity index (χ1v) is 7.91. The molecule has 2 N–H and O–H groups in total. The molecule has 0 fully saturated rings. The molecule has 2 aromatic rings. The number of sulfonamides is 1. The molecular formula is C11H13BrN4O2S. The third-order valence-corrected chi connectivity index (χ3v) is 4.03. The summed E-state index contributed by atoms with van der Waals surface area (Å²) in [5, 5.41) is 12.6. The Morgan fingerprint density at radius 3 is 2.63 bits per heavy atom. The fourth-order valence-electron chi connectivity index (χ4n) is 1.82.